The second-order valence-corrected chi connectivity index (χ2v) is 17.8. The first kappa shape index (κ1) is 44.8. The lowest BCUT2D eigenvalue weighted by Gasteiger charge is -2.30. The van der Waals surface area contributed by atoms with Crippen molar-refractivity contribution in [3.8, 4) is 23.0 Å². The number of aliphatic imine (C=N–C) groups is 2. The normalized spacial score (nSPS) is 17.4. The number of hydrogen-bond acceptors (Lipinski definition) is 13. The minimum atomic E-state index is -0.671. The zero-order chi connectivity index (χ0) is 47.9. The lowest BCUT2D eigenvalue weighted by Crippen LogP contribution is -2.37. The highest BCUT2D eigenvalue weighted by molar-refractivity contribution is 6.16. The molecule has 0 radical (unpaired) electrons. The summed E-state index contributed by atoms with van der Waals surface area (Å²) in [6.45, 7) is 4.68. The van der Waals surface area contributed by atoms with Gasteiger partial charge in [0.25, 0.3) is 23.6 Å². The number of carbonyl (C=O) groups is 5. The first-order valence-electron chi connectivity index (χ1n) is 23.0. The number of carbonyl (C=O) groups excluding carboxylic acids is 5. The fourth-order valence-electron chi connectivity index (χ4n) is 9.66. The average Bonchev–Trinajstić information content (AvgIpc) is 3.97. The molecule has 69 heavy (non-hydrogen) atoms. The molecule has 16 nitrogen and oxygen atoms in total. The van der Waals surface area contributed by atoms with Gasteiger partial charge in [-0.05, 0) is 85.0 Å². The Kier molecular flexibility index (Phi) is 12.1. The Morgan fingerprint density at radius 1 is 0.667 bits per heavy atom. The van der Waals surface area contributed by atoms with Crippen LogP contribution in [0.4, 0.5) is 28.4 Å². The number of amides is 4. The first-order valence-corrected chi connectivity index (χ1v) is 23.0. The lowest BCUT2D eigenvalue weighted by atomic mass is 10.1. The SMILES string of the molecule is COc1cc2c(cc1OCc1cc(COc3cc4c(cc3OC)C(=O)N3c5ccccc5C[C@H]3C=N4)cc(N(CCCC(=O)ON3C(=O)CCC3=O)C(C)C)c1)N=C[C@@H]1Cc3ccccc3N1C2=O. The molecule has 0 aromatic heterocycles. The van der Waals surface area contributed by atoms with Crippen molar-refractivity contribution < 1.29 is 47.8 Å². The number of ether oxygens (including phenoxy) is 4. The molecule has 0 saturated carbocycles. The molecule has 5 aromatic rings. The van der Waals surface area contributed by atoms with Gasteiger partial charge in [-0.3, -0.25) is 39.0 Å². The topological polar surface area (TPSA) is 169 Å². The summed E-state index contributed by atoms with van der Waals surface area (Å²) in [6, 6.07) is 28.1. The number of imide groups is 1. The molecular weight excluding hydrogens is 881 g/mol. The quantitative estimate of drug-likeness (QED) is 0.0932. The third kappa shape index (κ3) is 8.62. The maximum Gasteiger partial charge on any atom is 0.333 e. The molecule has 4 amide bonds. The van der Waals surface area contributed by atoms with Crippen LogP contribution in [0.25, 0.3) is 0 Å². The largest absolute Gasteiger partial charge is 0.493 e. The van der Waals surface area contributed by atoms with E-state index in [2.05, 4.69) is 4.90 Å². The van der Waals surface area contributed by atoms with E-state index in [1.807, 2.05) is 93.0 Å². The van der Waals surface area contributed by atoms with Gasteiger partial charge in [-0.2, -0.15) is 0 Å². The number of hydrogen-bond donors (Lipinski definition) is 0. The Balaban J connectivity index is 0.920. The Labute approximate surface area is 398 Å². The summed E-state index contributed by atoms with van der Waals surface area (Å²) in [5.74, 6) is -0.531. The van der Waals surface area contributed by atoms with E-state index in [-0.39, 0.29) is 62.4 Å². The van der Waals surface area contributed by atoms with E-state index in [1.165, 1.54) is 14.2 Å². The van der Waals surface area contributed by atoms with Crippen molar-refractivity contribution in [1.82, 2.24) is 5.06 Å². The number of benzene rings is 5. The maximum absolute atomic E-state index is 14.1. The number of para-hydroxylation sites is 2. The number of rotatable bonds is 15. The van der Waals surface area contributed by atoms with Gasteiger partial charge < -0.3 is 28.7 Å². The van der Waals surface area contributed by atoms with E-state index in [0.29, 0.717) is 76.4 Å². The second kappa shape index (κ2) is 18.6. The molecule has 1 saturated heterocycles. The van der Waals surface area contributed by atoms with E-state index in [4.69, 9.17) is 33.8 Å². The predicted octanol–water partition coefficient (Wildman–Crippen LogP) is 8.04. The summed E-state index contributed by atoms with van der Waals surface area (Å²) in [4.78, 5) is 85.5. The van der Waals surface area contributed by atoms with Crippen LogP contribution < -0.4 is 33.6 Å². The fourth-order valence-corrected chi connectivity index (χ4v) is 9.66. The summed E-state index contributed by atoms with van der Waals surface area (Å²) < 4.78 is 24.6. The average molecular weight is 931 g/mol. The Morgan fingerprint density at radius 2 is 1.16 bits per heavy atom. The molecule has 5 aromatic carbocycles. The smallest absolute Gasteiger partial charge is 0.333 e. The summed E-state index contributed by atoms with van der Waals surface area (Å²) in [5, 5.41) is 0.565. The summed E-state index contributed by atoms with van der Waals surface area (Å²) >= 11 is 0. The second-order valence-electron chi connectivity index (χ2n) is 17.8. The summed E-state index contributed by atoms with van der Waals surface area (Å²) in [6.07, 6.45) is 5.33. The van der Waals surface area contributed by atoms with E-state index < -0.39 is 17.8 Å². The van der Waals surface area contributed by atoms with Crippen molar-refractivity contribution in [3.05, 3.63) is 124 Å². The van der Waals surface area contributed by atoms with Crippen molar-refractivity contribution in [2.24, 2.45) is 9.98 Å². The van der Waals surface area contributed by atoms with Gasteiger partial charge in [0, 0.05) is 86.3 Å². The number of nitrogens with zero attached hydrogens (tertiary/aromatic N) is 6. The third-order valence-electron chi connectivity index (χ3n) is 13.0. The Bertz CT molecular complexity index is 2810. The van der Waals surface area contributed by atoms with E-state index >= 15 is 0 Å². The van der Waals surface area contributed by atoms with Crippen LogP contribution >= 0.6 is 0 Å². The Hall–Kier alpha value is -8.01. The van der Waals surface area contributed by atoms with E-state index in [9.17, 15) is 24.0 Å². The van der Waals surface area contributed by atoms with Crippen LogP contribution in [0.3, 0.4) is 0 Å². The van der Waals surface area contributed by atoms with Gasteiger partial charge in [0.05, 0.1) is 48.8 Å². The maximum atomic E-state index is 14.1. The molecule has 0 spiro atoms. The van der Waals surface area contributed by atoms with Crippen LogP contribution in [0.5, 0.6) is 23.0 Å². The van der Waals surface area contributed by atoms with Crippen molar-refractivity contribution in [2.45, 2.75) is 83.7 Å². The molecule has 16 heteroatoms. The molecule has 2 atom stereocenters. The summed E-state index contributed by atoms with van der Waals surface area (Å²) in [7, 11) is 3.06. The van der Waals surface area contributed by atoms with Gasteiger partial charge in [0.2, 0.25) is 0 Å². The molecule has 5 aliphatic rings. The summed E-state index contributed by atoms with van der Waals surface area (Å²) in [5.41, 5.74) is 8.04. The number of fused-ring (bicyclic) bond motifs is 8. The molecule has 5 aliphatic heterocycles. The number of anilines is 3. The molecule has 352 valence electrons. The molecule has 0 aliphatic carbocycles. The van der Waals surface area contributed by atoms with Crippen LogP contribution in [-0.4, -0.2) is 86.0 Å². The lowest BCUT2D eigenvalue weighted by molar-refractivity contribution is -0.197. The van der Waals surface area contributed by atoms with Crippen molar-refractivity contribution in [1.29, 1.82) is 0 Å². The first-order chi connectivity index (χ1) is 33.5. The Morgan fingerprint density at radius 3 is 1.64 bits per heavy atom. The molecule has 10 rings (SSSR count). The van der Waals surface area contributed by atoms with E-state index in [0.717, 1.165) is 39.3 Å². The minimum Gasteiger partial charge on any atom is -0.493 e. The highest BCUT2D eigenvalue weighted by Crippen LogP contribution is 2.43. The molecular formula is C53H50N6O10. The van der Waals surface area contributed by atoms with Crippen molar-refractivity contribution >= 4 is 70.5 Å². The number of hydroxylamine groups is 2. The van der Waals surface area contributed by atoms with Crippen molar-refractivity contribution in [2.75, 3.05) is 35.5 Å². The highest BCUT2D eigenvalue weighted by Gasteiger charge is 2.38. The van der Waals surface area contributed by atoms with Crippen molar-refractivity contribution in [3.63, 3.8) is 0 Å². The molecule has 5 heterocycles. The predicted molar refractivity (Wildman–Crippen MR) is 258 cm³/mol. The van der Waals surface area contributed by atoms with Crippen LogP contribution in [0.2, 0.25) is 0 Å². The molecule has 0 bridgehead atoms. The minimum absolute atomic E-state index is 0.0162. The third-order valence-corrected chi connectivity index (χ3v) is 13.0. The monoisotopic (exact) mass is 930 g/mol. The van der Waals surface area contributed by atoms with E-state index in [1.54, 1.807) is 34.1 Å². The highest BCUT2D eigenvalue weighted by atomic mass is 16.7. The molecule has 1 fully saturated rings. The van der Waals surface area contributed by atoms with Gasteiger partial charge in [0.1, 0.15) is 13.2 Å². The van der Waals surface area contributed by atoms with Crippen LogP contribution in [0.1, 0.15) is 82.5 Å². The van der Waals surface area contributed by atoms with Gasteiger partial charge in [-0.25, -0.2) is 4.79 Å². The van der Waals surface area contributed by atoms with Gasteiger partial charge in [-0.15, -0.1) is 5.06 Å². The van der Waals surface area contributed by atoms with Gasteiger partial charge in [0.15, 0.2) is 23.0 Å². The van der Waals surface area contributed by atoms with Crippen LogP contribution in [0.15, 0.2) is 101 Å². The zero-order valence-corrected chi connectivity index (χ0v) is 38.7. The zero-order valence-electron chi connectivity index (χ0n) is 38.7. The van der Waals surface area contributed by atoms with Crippen LogP contribution in [-0.2, 0) is 45.3 Å². The molecule has 0 unspecified atom stereocenters. The number of methoxy groups -OCH3 is 2. The fraction of sp³-hybridized carbons (Fsp3) is 0.302. The molecule has 0 N–H and O–H groups in total. The van der Waals surface area contributed by atoms with Crippen LogP contribution in [0, 0.1) is 0 Å². The van der Waals surface area contributed by atoms with Gasteiger partial charge >= 0.3 is 5.97 Å². The standard InChI is InChI=1S/C53H50N6O10/c1-31(2)56(17-9-14-51(62)69-59-49(60)15-16-50(59)61)36-19-32(29-67-47-25-41-39(23-45(47)65-3)52(63)57-37(27-54-41)21-34-10-5-7-12-43(34)57)18-33(20-36)30-68-48-26-42-40(24-46(48)66-4)53(64)58-38(28-55-42)22-35-11-6-8-13-44(35)58/h5-8,10-13,18-20,23-28,31,37-38H,9,14-17,21-22,29-30H2,1-4H3/t37-,38-/m0/s1. The van der Waals surface area contributed by atoms with Gasteiger partial charge in [-0.1, -0.05) is 36.4 Å².